The lowest BCUT2D eigenvalue weighted by Crippen LogP contribution is -2.34. The molecule has 1 saturated heterocycles. The van der Waals surface area contributed by atoms with Gasteiger partial charge >= 0.3 is 8.25 Å². The summed E-state index contributed by atoms with van der Waals surface area (Å²) in [6.45, 7) is 2.00. The number of nitrogens with zero attached hydrogens (tertiary/aromatic N) is 1. The van der Waals surface area contributed by atoms with Gasteiger partial charge in [0.2, 0.25) is 12.3 Å². The average Bonchev–Trinajstić information content (AvgIpc) is 3.02. The van der Waals surface area contributed by atoms with E-state index in [1.54, 1.807) is 24.3 Å². The van der Waals surface area contributed by atoms with E-state index in [-0.39, 0.29) is 24.5 Å². The van der Waals surface area contributed by atoms with Crippen molar-refractivity contribution < 1.29 is 27.9 Å². The third-order valence-electron chi connectivity index (χ3n) is 3.80. The Morgan fingerprint density at radius 2 is 2.15 bits per heavy atom. The summed E-state index contributed by atoms with van der Waals surface area (Å²) >= 11 is 0. The molecule has 2 amide bonds. The number of likely N-dealkylation sites (N-methyl/N-ethyl adjacent to an activating group) is 1. The van der Waals surface area contributed by atoms with E-state index in [9.17, 15) is 14.2 Å². The average molecular weight is 381 g/mol. The molecule has 1 N–H and O–H groups in total. The summed E-state index contributed by atoms with van der Waals surface area (Å²) in [4.78, 5) is 23.8. The lowest BCUT2D eigenvalue weighted by molar-refractivity contribution is -0.129. The van der Waals surface area contributed by atoms with Crippen molar-refractivity contribution in [1.82, 2.24) is 10.2 Å². The van der Waals surface area contributed by atoms with Gasteiger partial charge in [0.25, 0.3) is 0 Å². The molecule has 1 aliphatic heterocycles. The number of carbonyl (C=O) groups excluding carboxylic acids is 2. The zero-order valence-corrected chi connectivity index (χ0v) is 15.5. The van der Waals surface area contributed by atoms with Crippen LogP contribution in [0.25, 0.3) is 0 Å². The quantitative estimate of drug-likeness (QED) is 0.400. The van der Waals surface area contributed by atoms with Crippen molar-refractivity contribution in [2.45, 2.75) is 25.7 Å². The third-order valence-corrected chi connectivity index (χ3v) is 4.52. The maximum Gasteiger partial charge on any atom is 0.750 e. The number of rotatable bonds is 9. The van der Waals surface area contributed by atoms with Gasteiger partial charge in [-0.2, -0.15) is 0 Å². The van der Waals surface area contributed by atoms with Gasteiger partial charge < -0.3 is 10.1 Å². The minimum absolute atomic E-state index is 0.0241. The molecule has 4 unspecified atom stereocenters. The van der Waals surface area contributed by atoms with Crippen LogP contribution in [-0.2, 0) is 23.4 Å². The summed E-state index contributed by atoms with van der Waals surface area (Å²) in [7, 11) is -0.820. The molecule has 26 heavy (non-hydrogen) atoms. The molecule has 0 radical (unpaired) electrons. The Balaban J connectivity index is 1.83. The summed E-state index contributed by atoms with van der Waals surface area (Å²) in [5.41, 5.74) is 0. The molecule has 1 aromatic carbocycles. The van der Waals surface area contributed by atoms with Crippen molar-refractivity contribution in [2.24, 2.45) is 5.92 Å². The first-order valence-corrected chi connectivity index (χ1v) is 9.24. The molecule has 1 aromatic rings. The van der Waals surface area contributed by atoms with Gasteiger partial charge in [-0.3, -0.25) is 14.5 Å². The van der Waals surface area contributed by atoms with E-state index in [0.29, 0.717) is 18.6 Å². The third kappa shape index (κ3) is 5.91. The van der Waals surface area contributed by atoms with Crippen molar-refractivity contribution in [3.63, 3.8) is 0 Å². The normalized spacial score (nSPS) is 22.8. The fraction of sp³-hybridized carbons (Fsp3) is 0.412. The maximum absolute atomic E-state index is 11.9. The van der Waals surface area contributed by atoms with Gasteiger partial charge in [-0.15, -0.1) is 4.52 Å². The first kappa shape index (κ1) is 20.0. The minimum Gasteiger partial charge on any atom is -0.356 e. The molecular formula is C17H22N2O6P+. The summed E-state index contributed by atoms with van der Waals surface area (Å²) in [5.74, 6) is 0.159. The largest absolute Gasteiger partial charge is 0.750 e. The predicted octanol–water partition coefficient (Wildman–Crippen LogP) is 2.21. The first-order valence-electron chi connectivity index (χ1n) is 8.14. The van der Waals surface area contributed by atoms with Crippen LogP contribution in [-0.4, -0.2) is 43.2 Å². The van der Waals surface area contributed by atoms with Gasteiger partial charge in [0, 0.05) is 29.8 Å². The minimum atomic E-state index is -2.32. The van der Waals surface area contributed by atoms with Crippen molar-refractivity contribution in [1.29, 1.82) is 0 Å². The first-order chi connectivity index (χ1) is 12.5. The summed E-state index contributed by atoms with van der Waals surface area (Å²) in [6.07, 6.45) is 2.99. The fourth-order valence-corrected chi connectivity index (χ4v) is 3.18. The van der Waals surface area contributed by atoms with E-state index in [0.717, 1.165) is 0 Å². The monoisotopic (exact) mass is 381 g/mol. The van der Waals surface area contributed by atoms with Crippen LogP contribution in [0.15, 0.2) is 42.6 Å². The lowest BCUT2D eigenvalue weighted by atomic mass is 10.1. The highest BCUT2D eigenvalue weighted by molar-refractivity contribution is 7.33. The van der Waals surface area contributed by atoms with Crippen LogP contribution in [0.3, 0.4) is 0 Å². The molecule has 1 heterocycles. The number of benzene rings is 1. The topological polar surface area (TPSA) is 94.2 Å². The van der Waals surface area contributed by atoms with Crippen molar-refractivity contribution >= 4 is 20.6 Å². The van der Waals surface area contributed by atoms with Crippen LogP contribution in [0.5, 0.6) is 5.75 Å². The number of hydrogen-bond acceptors (Lipinski definition) is 6. The summed E-state index contributed by atoms with van der Waals surface area (Å²) < 4.78 is 28.1. The maximum atomic E-state index is 11.9. The van der Waals surface area contributed by atoms with Crippen molar-refractivity contribution in [3.8, 4) is 5.75 Å². The number of para-hydroxylation sites is 1. The SMILES string of the molecule is CNC(=O)/C=C\N(C=O)C1OC(CO[P+](=O)Oc2ccccc2)CC1C. The highest BCUT2D eigenvalue weighted by Crippen LogP contribution is 2.32. The number of hydrogen-bond donors (Lipinski definition) is 1. The number of carbonyl (C=O) groups is 2. The van der Waals surface area contributed by atoms with Crippen LogP contribution < -0.4 is 9.84 Å². The molecule has 140 valence electrons. The number of amides is 2. The molecule has 0 spiro atoms. The van der Waals surface area contributed by atoms with E-state index < -0.39 is 14.5 Å². The van der Waals surface area contributed by atoms with Gasteiger partial charge in [-0.05, 0) is 18.6 Å². The molecular weight excluding hydrogens is 359 g/mol. The van der Waals surface area contributed by atoms with E-state index in [4.69, 9.17) is 13.8 Å². The number of ether oxygens (including phenoxy) is 1. The Morgan fingerprint density at radius 3 is 2.81 bits per heavy atom. The molecule has 0 aliphatic carbocycles. The Hall–Kier alpha value is -2.28. The standard InChI is InChI=1S/C17H21N2O6P/c1-13-10-15(11-23-26(22)25-14-6-4-3-5-7-14)24-17(13)19(12-20)9-8-16(21)18-2/h3-9,12-13,15,17H,10-11H2,1-2H3/p+1/b9-8-. The molecule has 1 fully saturated rings. The van der Waals surface area contributed by atoms with E-state index in [1.807, 2.05) is 13.0 Å². The van der Waals surface area contributed by atoms with Crippen LogP contribution >= 0.6 is 8.25 Å². The van der Waals surface area contributed by atoms with Crippen LogP contribution in [0.2, 0.25) is 0 Å². The Labute approximate surface area is 153 Å². The van der Waals surface area contributed by atoms with Gasteiger partial charge in [-0.1, -0.05) is 25.1 Å². The van der Waals surface area contributed by atoms with Gasteiger partial charge in [0.15, 0.2) is 5.75 Å². The zero-order valence-electron chi connectivity index (χ0n) is 14.6. The van der Waals surface area contributed by atoms with Crippen LogP contribution in [0.1, 0.15) is 13.3 Å². The predicted molar refractivity (Wildman–Crippen MR) is 94.2 cm³/mol. The molecule has 2 rings (SSSR count). The molecule has 0 saturated carbocycles. The van der Waals surface area contributed by atoms with Crippen LogP contribution in [0.4, 0.5) is 0 Å². The van der Waals surface area contributed by atoms with Gasteiger partial charge in [-0.25, -0.2) is 4.52 Å². The molecule has 8 nitrogen and oxygen atoms in total. The lowest BCUT2D eigenvalue weighted by Gasteiger charge is -2.23. The molecule has 4 atom stereocenters. The Kier molecular flexibility index (Phi) is 7.72. The summed E-state index contributed by atoms with van der Waals surface area (Å²) in [5, 5.41) is 2.43. The highest BCUT2D eigenvalue weighted by Gasteiger charge is 2.37. The van der Waals surface area contributed by atoms with E-state index in [2.05, 4.69) is 5.32 Å². The fourth-order valence-electron chi connectivity index (χ4n) is 2.54. The Morgan fingerprint density at radius 1 is 1.42 bits per heavy atom. The molecule has 9 heteroatoms. The second-order valence-corrected chi connectivity index (χ2v) is 6.66. The van der Waals surface area contributed by atoms with E-state index >= 15 is 0 Å². The molecule has 0 bridgehead atoms. The Bertz CT molecular complexity index is 654. The molecule has 1 aliphatic rings. The second-order valence-electron chi connectivity index (χ2n) is 5.77. The van der Waals surface area contributed by atoms with Crippen molar-refractivity contribution in [2.75, 3.05) is 13.7 Å². The second kappa shape index (κ2) is 10.0. The van der Waals surface area contributed by atoms with Gasteiger partial charge in [0.05, 0.1) is 6.10 Å². The smallest absolute Gasteiger partial charge is 0.356 e. The molecule has 0 aromatic heterocycles. The summed E-state index contributed by atoms with van der Waals surface area (Å²) in [6, 6.07) is 8.73. The highest BCUT2D eigenvalue weighted by atomic mass is 31.1. The van der Waals surface area contributed by atoms with Crippen molar-refractivity contribution in [3.05, 3.63) is 42.6 Å². The van der Waals surface area contributed by atoms with Gasteiger partial charge in [0.1, 0.15) is 12.8 Å². The number of nitrogens with one attached hydrogen (secondary N) is 1. The zero-order chi connectivity index (χ0) is 18.9. The van der Waals surface area contributed by atoms with E-state index in [1.165, 1.54) is 24.2 Å². The van der Waals surface area contributed by atoms with Crippen LogP contribution in [0, 0.1) is 5.92 Å².